The van der Waals surface area contributed by atoms with Crippen LogP contribution in [0.3, 0.4) is 0 Å². The fourth-order valence-corrected chi connectivity index (χ4v) is 3.61. The molecule has 0 spiro atoms. The molecule has 0 bridgehead atoms. The van der Waals surface area contributed by atoms with Gasteiger partial charge in [-0.2, -0.15) is 0 Å². The largest absolute Gasteiger partial charge is 0.465 e. The number of ether oxygens (including phenoxy) is 2. The van der Waals surface area contributed by atoms with E-state index in [1.54, 1.807) is 36.4 Å². The number of methoxy groups -OCH3 is 2. The Labute approximate surface area is 166 Å². The molecule has 0 N–H and O–H groups in total. The summed E-state index contributed by atoms with van der Waals surface area (Å²) in [6.07, 6.45) is 1.55. The van der Waals surface area contributed by atoms with E-state index >= 15 is 0 Å². The third kappa shape index (κ3) is 4.02. The maximum absolute atomic E-state index is 12.4. The van der Waals surface area contributed by atoms with E-state index in [0.717, 1.165) is 27.8 Å². The monoisotopic (exact) mass is 401 g/mol. The summed E-state index contributed by atoms with van der Waals surface area (Å²) in [5.74, 6) is 0.296. The van der Waals surface area contributed by atoms with Crippen LogP contribution in [0.5, 0.6) is 0 Å². The number of thioether (sulfide) groups is 1. The van der Waals surface area contributed by atoms with Crippen molar-refractivity contribution in [2.24, 2.45) is 0 Å². The van der Waals surface area contributed by atoms with Gasteiger partial charge in [-0.3, -0.25) is 14.5 Å². The molecule has 1 aliphatic rings. The number of amides is 2. The van der Waals surface area contributed by atoms with Gasteiger partial charge in [-0.15, -0.1) is 0 Å². The summed E-state index contributed by atoms with van der Waals surface area (Å²) in [6, 6.07) is 8.68. The first-order chi connectivity index (χ1) is 13.4. The number of hydrogen-bond donors (Lipinski definition) is 0. The number of carbonyl (C=O) groups excluding carboxylic acids is 3. The molecule has 8 heteroatoms. The average Bonchev–Trinajstić information content (AvgIpc) is 3.24. The maximum atomic E-state index is 12.4. The topological polar surface area (TPSA) is 86.1 Å². The molecule has 0 atom stereocenters. The molecule has 146 valence electrons. The van der Waals surface area contributed by atoms with Gasteiger partial charge in [0.25, 0.3) is 11.1 Å². The second-order valence-corrected chi connectivity index (χ2v) is 7.04. The Hall–Kier alpha value is -2.84. The summed E-state index contributed by atoms with van der Waals surface area (Å²) in [6.45, 7) is 2.37. The number of rotatable bonds is 6. The highest BCUT2D eigenvalue weighted by Crippen LogP contribution is 2.33. The lowest BCUT2D eigenvalue weighted by atomic mass is 10.0. The first-order valence-corrected chi connectivity index (χ1v) is 9.29. The standard InChI is InChI=1S/C20H19NO6S/c1-12-10-13(19(23)26-3)4-6-15(12)16-7-5-14(27-16)11-17-18(22)21(8-9-25-2)20(24)28-17/h4-7,10-11H,8-9H2,1-3H3/b17-11+. The SMILES string of the molecule is COCCN1C(=O)S/C(=C/c2ccc(-c3ccc(C(=O)OC)cc3C)o2)C1=O. The Balaban J connectivity index is 1.81. The highest BCUT2D eigenvalue weighted by atomic mass is 32.2. The van der Waals surface area contributed by atoms with Crippen molar-refractivity contribution in [1.29, 1.82) is 0 Å². The van der Waals surface area contributed by atoms with Crippen LogP contribution < -0.4 is 0 Å². The second-order valence-electron chi connectivity index (χ2n) is 6.05. The van der Waals surface area contributed by atoms with Crippen molar-refractivity contribution in [3.8, 4) is 11.3 Å². The zero-order chi connectivity index (χ0) is 20.3. The highest BCUT2D eigenvalue weighted by molar-refractivity contribution is 8.18. The van der Waals surface area contributed by atoms with Crippen LogP contribution in [0.1, 0.15) is 21.7 Å². The lowest BCUT2D eigenvalue weighted by molar-refractivity contribution is -0.123. The first kappa shape index (κ1) is 19.9. The molecular weight excluding hydrogens is 382 g/mol. The lowest BCUT2D eigenvalue weighted by Crippen LogP contribution is -2.31. The number of hydrogen-bond acceptors (Lipinski definition) is 7. The first-order valence-electron chi connectivity index (χ1n) is 8.48. The van der Waals surface area contributed by atoms with Gasteiger partial charge in [-0.1, -0.05) is 6.07 Å². The summed E-state index contributed by atoms with van der Waals surface area (Å²) < 4.78 is 15.5. The normalized spacial score (nSPS) is 15.5. The fraction of sp³-hybridized carbons (Fsp3) is 0.250. The predicted molar refractivity (Wildman–Crippen MR) is 105 cm³/mol. The Morgan fingerprint density at radius 1 is 1.21 bits per heavy atom. The van der Waals surface area contributed by atoms with E-state index in [-0.39, 0.29) is 24.3 Å². The number of imide groups is 1. The molecule has 0 aliphatic carbocycles. The van der Waals surface area contributed by atoms with Crippen molar-refractivity contribution in [2.75, 3.05) is 27.4 Å². The molecule has 2 heterocycles. The second kappa shape index (κ2) is 8.45. The molecule has 2 amide bonds. The number of carbonyl (C=O) groups is 3. The summed E-state index contributed by atoms with van der Waals surface area (Å²) in [5, 5.41) is -0.325. The van der Waals surface area contributed by atoms with Crippen molar-refractivity contribution in [3.05, 3.63) is 52.1 Å². The molecule has 0 radical (unpaired) electrons. The maximum Gasteiger partial charge on any atom is 0.337 e. The van der Waals surface area contributed by atoms with Crippen LogP contribution in [0.4, 0.5) is 4.79 Å². The lowest BCUT2D eigenvalue weighted by Gasteiger charge is -2.10. The van der Waals surface area contributed by atoms with Gasteiger partial charge in [0, 0.05) is 18.7 Å². The van der Waals surface area contributed by atoms with E-state index < -0.39 is 5.97 Å². The van der Waals surface area contributed by atoms with Crippen molar-refractivity contribution >= 4 is 35.0 Å². The van der Waals surface area contributed by atoms with E-state index in [2.05, 4.69) is 0 Å². The number of esters is 1. The molecule has 7 nitrogen and oxygen atoms in total. The average molecular weight is 401 g/mol. The third-order valence-electron chi connectivity index (χ3n) is 4.21. The van der Waals surface area contributed by atoms with E-state index in [4.69, 9.17) is 13.9 Å². The zero-order valence-corrected chi connectivity index (χ0v) is 16.5. The molecule has 1 fully saturated rings. The molecule has 1 aromatic carbocycles. The minimum Gasteiger partial charge on any atom is -0.465 e. The van der Waals surface area contributed by atoms with E-state index in [1.165, 1.54) is 14.2 Å². The van der Waals surface area contributed by atoms with E-state index in [1.807, 2.05) is 6.92 Å². The van der Waals surface area contributed by atoms with Gasteiger partial charge < -0.3 is 13.9 Å². The molecular formula is C20H19NO6S. The van der Waals surface area contributed by atoms with E-state index in [0.29, 0.717) is 22.0 Å². The van der Waals surface area contributed by atoms with Crippen molar-refractivity contribution in [1.82, 2.24) is 4.90 Å². The van der Waals surface area contributed by atoms with Crippen LogP contribution >= 0.6 is 11.8 Å². The molecule has 1 aromatic heterocycles. The van der Waals surface area contributed by atoms with Crippen LogP contribution in [0.2, 0.25) is 0 Å². The highest BCUT2D eigenvalue weighted by Gasteiger charge is 2.34. The van der Waals surface area contributed by atoms with Gasteiger partial charge in [0.15, 0.2) is 0 Å². The van der Waals surface area contributed by atoms with Gasteiger partial charge in [0.05, 0.1) is 30.7 Å². The Bertz CT molecular complexity index is 961. The van der Waals surface area contributed by atoms with Gasteiger partial charge >= 0.3 is 5.97 Å². The molecule has 2 aromatic rings. The Kier molecular flexibility index (Phi) is 6.01. The summed E-state index contributed by atoms with van der Waals surface area (Å²) in [7, 11) is 2.85. The minimum atomic E-state index is -0.404. The fourth-order valence-electron chi connectivity index (χ4n) is 2.76. The Morgan fingerprint density at radius 3 is 2.68 bits per heavy atom. The zero-order valence-electron chi connectivity index (χ0n) is 15.7. The van der Waals surface area contributed by atoms with Crippen molar-refractivity contribution < 1.29 is 28.3 Å². The minimum absolute atomic E-state index is 0.216. The van der Waals surface area contributed by atoms with Crippen molar-refractivity contribution in [2.45, 2.75) is 6.92 Å². The van der Waals surface area contributed by atoms with Crippen LogP contribution in [0.15, 0.2) is 39.7 Å². The quantitative estimate of drug-likeness (QED) is 0.538. The smallest absolute Gasteiger partial charge is 0.337 e. The summed E-state index contributed by atoms with van der Waals surface area (Å²) in [5.41, 5.74) is 2.13. The summed E-state index contributed by atoms with van der Waals surface area (Å²) >= 11 is 0.875. The molecule has 0 unspecified atom stereocenters. The van der Waals surface area contributed by atoms with Gasteiger partial charge in [0.2, 0.25) is 0 Å². The molecule has 3 rings (SSSR count). The molecule has 0 saturated carbocycles. The van der Waals surface area contributed by atoms with Gasteiger partial charge in [0.1, 0.15) is 11.5 Å². The van der Waals surface area contributed by atoms with Crippen LogP contribution in [0.25, 0.3) is 17.4 Å². The number of aryl methyl sites for hydroxylation is 1. The van der Waals surface area contributed by atoms with Crippen LogP contribution in [-0.4, -0.2) is 49.4 Å². The van der Waals surface area contributed by atoms with Crippen LogP contribution in [-0.2, 0) is 14.3 Å². The number of nitrogens with zero attached hydrogens (tertiary/aromatic N) is 1. The summed E-state index contributed by atoms with van der Waals surface area (Å²) in [4.78, 5) is 37.4. The number of benzene rings is 1. The third-order valence-corrected chi connectivity index (χ3v) is 5.11. The van der Waals surface area contributed by atoms with E-state index in [9.17, 15) is 14.4 Å². The van der Waals surface area contributed by atoms with Gasteiger partial charge in [-0.05, 0) is 48.5 Å². The predicted octanol–water partition coefficient (Wildman–Crippen LogP) is 3.72. The molecule has 28 heavy (non-hydrogen) atoms. The van der Waals surface area contributed by atoms with Crippen LogP contribution in [0, 0.1) is 6.92 Å². The molecule has 1 aliphatic heterocycles. The van der Waals surface area contributed by atoms with Crippen molar-refractivity contribution in [3.63, 3.8) is 0 Å². The number of furan rings is 1. The van der Waals surface area contributed by atoms with Gasteiger partial charge in [-0.25, -0.2) is 4.79 Å². The Morgan fingerprint density at radius 2 is 2.00 bits per heavy atom. The molecule has 1 saturated heterocycles.